The predicted octanol–water partition coefficient (Wildman–Crippen LogP) is 1.47. The number of pyridine rings is 1. The van der Waals surface area contributed by atoms with Gasteiger partial charge in [0.25, 0.3) is 5.56 Å². The van der Waals surface area contributed by atoms with Crippen molar-refractivity contribution in [1.29, 1.82) is 0 Å². The molecule has 1 unspecified atom stereocenters. The van der Waals surface area contributed by atoms with E-state index in [0.717, 1.165) is 23.6 Å². The van der Waals surface area contributed by atoms with Crippen molar-refractivity contribution >= 4 is 5.91 Å². The summed E-state index contributed by atoms with van der Waals surface area (Å²) in [5.74, 6) is -0.456. The second-order valence-electron chi connectivity index (χ2n) is 6.02. The van der Waals surface area contributed by atoms with E-state index in [1.54, 1.807) is 0 Å². The maximum atomic E-state index is 12.7. The van der Waals surface area contributed by atoms with Crippen molar-refractivity contribution in [2.24, 2.45) is 0 Å². The number of hydrogen-bond donors (Lipinski definition) is 1. The monoisotopic (exact) mass is 331 g/mol. The van der Waals surface area contributed by atoms with Gasteiger partial charge < -0.3 is 9.88 Å². The molecule has 128 valence electrons. The number of amides is 1. The molecule has 0 aliphatic carbocycles. The molecule has 1 aromatic heterocycles. The first-order valence-corrected chi connectivity index (χ1v) is 7.48. The lowest BCUT2D eigenvalue weighted by Gasteiger charge is -2.20. The molecular weight excluding hydrogens is 311 g/mol. The van der Waals surface area contributed by atoms with Crippen LogP contribution in [0, 0.1) is 0 Å². The molecular formula is C15H20F3N3O2. The topological polar surface area (TPSA) is 54.3 Å². The summed E-state index contributed by atoms with van der Waals surface area (Å²) in [6.45, 7) is 5.28. The number of nitrogens with one attached hydrogen (secondary N) is 1. The minimum atomic E-state index is -4.55. The van der Waals surface area contributed by atoms with Crippen molar-refractivity contribution in [3.05, 3.63) is 34.2 Å². The Bertz CT molecular complexity index is 625. The van der Waals surface area contributed by atoms with E-state index < -0.39 is 29.8 Å². The predicted molar refractivity (Wildman–Crippen MR) is 79.0 cm³/mol. The van der Waals surface area contributed by atoms with Gasteiger partial charge in [0, 0.05) is 37.4 Å². The van der Waals surface area contributed by atoms with Gasteiger partial charge in [0.15, 0.2) is 0 Å². The zero-order valence-electron chi connectivity index (χ0n) is 13.1. The summed E-state index contributed by atoms with van der Waals surface area (Å²) < 4.78 is 38.8. The van der Waals surface area contributed by atoms with E-state index in [2.05, 4.69) is 24.1 Å². The number of carbonyl (C=O) groups is 1. The zero-order chi connectivity index (χ0) is 17.2. The number of likely N-dealkylation sites (tertiary alicyclic amines) is 1. The van der Waals surface area contributed by atoms with Gasteiger partial charge in [-0.15, -0.1) is 0 Å². The normalized spacial score (nSPS) is 19.3. The lowest BCUT2D eigenvalue weighted by molar-refractivity contribution is -0.138. The van der Waals surface area contributed by atoms with Gasteiger partial charge in [-0.25, -0.2) is 0 Å². The fourth-order valence-corrected chi connectivity index (χ4v) is 2.62. The largest absolute Gasteiger partial charge is 0.417 e. The smallest absolute Gasteiger partial charge is 0.350 e. The third-order valence-electron chi connectivity index (χ3n) is 3.94. The van der Waals surface area contributed by atoms with E-state index in [0.29, 0.717) is 24.8 Å². The van der Waals surface area contributed by atoms with Crippen LogP contribution in [-0.4, -0.2) is 40.5 Å². The summed E-state index contributed by atoms with van der Waals surface area (Å²) >= 11 is 0. The van der Waals surface area contributed by atoms with Crippen molar-refractivity contribution in [1.82, 2.24) is 14.8 Å². The van der Waals surface area contributed by atoms with E-state index in [1.165, 1.54) is 0 Å². The van der Waals surface area contributed by atoms with Crippen LogP contribution in [0.1, 0.15) is 25.8 Å². The molecule has 0 aromatic carbocycles. The number of nitrogens with zero attached hydrogens (tertiary/aromatic N) is 2. The van der Waals surface area contributed by atoms with Crippen LogP contribution in [0.4, 0.5) is 13.2 Å². The van der Waals surface area contributed by atoms with Gasteiger partial charge in [-0.05, 0) is 26.3 Å². The molecule has 1 saturated heterocycles. The highest BCUT2D eigenvalue weighted by molar-refractivity contribution is 5.76. The lowest BCUT2D eigenvalue weighted by Crippen LogP contribution is -2.41. The Morgan fingerprint density at radius 2 is 2.09 bits per heavy atom. The maximum absolute atomic E-state index is 12.7. The molecule has 0 saturated carbocycles. The average Bonchev–Trinajstić information content (AvgIpc) is 2.88. The van der Waals surface area contributed by atoms with Crippen LogP contribution >= 0.6 is 0 Å². The number of rotatable bonds is 4. The molecule has 1 atom stereocenters. The fourth-order valence-electron chi connectivity index (χ4n) is 2.62. The molecule has 23 heavy (non-hydrogen) atoms. The highest BCUT2D eigenvalue weighted by Gasteiger charge is 2.31. The van der Waals surface area contributed by atoms with Gasteiger partial charge in [0.2, 0.25) is 5.91 Å². The van der Waals surface area contributed by atoms with E-state index >= 15 is 0 Å². The molecule has 8 heteroatoms. The summed E-state index contributed by atoms with van der Waals surface area (Å²) in [4.78, 5) is 25.8. The van der Waals surface area contributed by atoms with Crippen molar-refractivity contribution in [2.75, 3.05) is 13.1 Å². The van der Waals surface area contributed by atoms with E-state index in [-0.39, 0.29) is 6.04 Å². The third-order valence-corrected chi connectivity index (χ3v) is 3.94. The molecule has 1 amide bonds. The molecule has 2 rings (SSSR count). The van der Waals surface area contributed by atoms with Crippen LogP contribution < -0.4 is 10.9 Å². The molecule has 5 nitrogen and oxygen atoms in total. The molecule has 0 bridgehead atoms. The SMILES string of the molecule is CC(C)N1CCC(NC(=O)Cn2cc(C(F)(F)F)ccc2=O)C1. The molecule has 1 aromatic rings. The van der Waals surface area contributed by atoms with Gasteiger partial charge >= 0.3 is 6.18 Å². The molecule has 2 heterocycles. The Hall–Kier alpha value is -1.83. The summed E-state index contributed by atoms with van der Waals surface area (Å²) in [5.41, 5.74) is -1.58. The lowest BCUT2D eigenvalue weighted by atomic mass is 10.2. The first-order chi connectivity index (χ1) is 10.7. The Labute approximate surface area is 132 Å². The number of aromatic nitrogens is 1. The van der Waals surface area contributed by atoms with E-state index in [4.69, 9.17) is 0 Å². The van der Waals surface area contributed by atoms with Crippen molar-refractivity contribution < 1.29 is 18.0 Å². The molecule has 1 fully saturated rings. The van der Waals surface area contributed by atoms with Crippen LogP contribution in [0.5, 0.6) is 0 Å². The fraction of sp³-hybridized carbons (Fsp3) is 0.600. The minimum Gasteiger partial charge on any atom is -0.350 e. The number of hydrogen-bond acceptors (Lipinski definition) is 3. The van der Waals surface area contributed by atoms with Gasteiger partial charge in [-0.3, -0.25) is 14.5 Å². The first kappa shape index (κ1) is 17.5. The quantitative estimate of drug-likeness (QED) is 0.909. The van der Waals surface area contributed by atoms with Gasteiger partial charge in [-0.2, -0.15) is 13.2 Å². The van der Waals surface area contributed by atoms with Crippen LogP contribution in [-0.2, 0) is 17.5 Å². The Balaban J connectivity index is 2.00. The van der Waals surface area contributed by atoms with Crippen molar-refractivity contribution in [3.63, 3.8) is 0 Å². The van der Waals surface area contributed by atoms with Gasteiger partial charge in [0.1, 0.15) is 6.54 Å². The summed E-state index contributed by atoms with van der Waals surface area (Å²) in [7, 11) is 0. The van der Waals surface area contributed by atoms with E-state index in [1.807, 2.05) is 0 Å². The summed E-state index contributed by atoms with van der Waals surface area (Å²) in [5, 5.41) is 2.78. The molecule has 1 aliphatic heterocycles. The van der Waals surface area contributed by atoms with Crippen molar-refractivity contribution in [2.45, 2.75) is 45.1 Å². The van der Waals surface area contributed by atoms with Gasteiger partial charge in [0.05, 0.1) is 5.56 Å². The number of carbonyl (C=O) groups excluding carboxylic acids is 1. The zero-order valence-corrected chi connectivity index (χ0v) is 13.1. The maximum Gasteiger partial charge on any atom is 0.417 e. The summed E-state index contributed by atoms with van der Waals surface area (Å²) in [6.07, 6.45) is -3.08. The molecule has 0 radical (unpaired) electrons. The second kappa shape index (κ2) is 6.74. The van der Waals surface area contributed by atoms with Crippen LogP contribution in [0.15, 0.2) is 23.1 Å². The van der Waals surface area contributed by atoms with Crippen LogP contribution in [0.3, 0.4) is 0 Å². The first-order valence-electron chi connectivity index (χ1n) is 7.48. The highest BCUT2D eigenvalue weighted by atomic mass is 19.4. The average molecular weight is 331 g/mol. The van der Waals surface area contributed by atoms with Gasteiger partial charge in [-0.1, -0.05) is 0 Å². The number of alkyl halides is 3. The van der Waals surface area contributed by atoms with Crippen LogP contribution in [0.2, 0.25) is 0 Å². The number of halogens is 3. The Morgan fingerprint density at radius 3 is 2.65 bits per heavy atom. The highest BCUT2D eigenvalue weighted by Crippen LogP contribution is 2.27. The van der Waals surface area contributed by atoms with Crippen molar-refractivity contribution in [3.8, 4) is 0 Å². The van der Waals surface area contributed by atoms with Crippen LogP contribution in [0.25, 0.3) is 0 Å². The Kier molecular flexibility index (Phi) is 5.13. The molecule has 0 spiro atoms. The molecule has 1 aliphatic rings. The summed E-state index contributed by atoms with van der Waals surface area (Å²) in [6, 6.07) is 1.88. The van der Waals surface area contributed by atoms with E-state index in [9.17, 15) is 22.8 Å². The second-order valence-corrected chi connectivity index (χ2v) is 6.02. The molecule has 1 N–H and O–H groups in total. The third kappa shape index (κ3) is 4.57. The minimum absolute atomic E-state index is 0.0357. The Morgan fingerprint density at radius 1 is 1.39 bits per heavy atom. The standard InChI is InChI=1S/C15H20F3N3O2/c1-10(2)20-6-5-12(8-20)19-13(22)9-21-7-11(15(16,17)18)3-4-14(21)23/h3-4,7,10,12H,5-6,8-9H2,1-2H3,(H,19,22).